The summed E-state index contributed by atoms with van der Waals surface area (Å²) < 4.78 is 18.5. The smallest absolute Gasteiger partial charge is 0.255 e. The van der Waals surface area contributed by atoms with Gasteiger partial charge in [0.15, 0.2) is 11.5 Å². The zero-order valence-corrected chi connectivity index (χ0v) is 20.6. The molecule has 3 aliphatic rings. The van der Waals surface area contributed by atoms with Gasteiger partial charge in [-0.1, -0.05) is 6.07 Å². The van der Waals surface area contributed by atoms with Crippen molar-refractivity contribution in [1.29, 1.82) is 0 Å². The van der Waals surface area contributed by atoms with E-state index in [1.165, 1.54) is 7.11 Å². The molecule has 6 rings (SSSR count). The second-order valence-electron chi connectivity index (χ2n) is 9.17. The lowest BCUT2D eigenvalue weighted by atomic mass is 9.83. The topological polar surface area (TPSA) is 94.9 Å². The zero-order valence-electron chi connectivity index (χ0n) is 19.8. The van der Waals surface area contributed by atoms with Crippen molar-refractivity contribution >= 4 is 29.8 Å². The summed E-state index contributed by atoms with van der Waals surface area (Å²) in [6.45, 7) is 3.28. The van der Waals surface area contributed by atoms with Gasteiger partial charge < -0.3 is 29.0 Å². The first-order valence-electron chi connectivity index (χ1n) is 11.8. The van der Waals surface area contributed by atoms with Crippen molar-refractivity contribution in [3.05, 3.63) is 70.3 Å². The van der Waals surface area contributed by atoms with Crippen LogP contribution < -0.4 is 30.0 Å². The van der Waals surface area contributed by atoms with E-state index < -0.39 is 0 Å². The minimum atomic E-state index is -0.288. The largest absolute Gasteiger partial charge is 0.493 e. The third-order valence-electron chi connectivity index (χ3n) is 6.90. The molecule has 2 atom stereocenters. The molecular weight excluding hydrogens is 484 g/mol. The minimum absolute atomic E-state index is 0. The van der Waals surface area contributed by atoms with Gasteiger partial charge in [0.2, 0.25) is 5.75 Å². The maximum absolute atomic E-state index is 12.9. The SMILES string of the molecule is COc1cc(C(=O)Nc2ccc(N3CC4CC(C3)c3cccc(=O)n3C4)nc2)cc2c1OCCO2.Cl. The molecule has 0 spiro atoms. The number of piperidine rings is 1. The highest BCUT2D eigenvalue weighted by atomic mass is 35.5. The molecular formula is C26H27ClN4O5. The number of benzene rings is 1. The average molecular weight is 511 g/mol. The number of nitrogens with zero attached hydrogens (tertiary/aromatic N) is 3. The van der Waals surface area contributed by atoms with Crippen molar-refractivity contribution in [1.82, 2.24) is 9.55 Å². The van der Waals surface area contributed by atoms with Crippen LogP contribution in [0.25, 0.3) is 0 Å². The molecule has 188 valence electrons. The van der Waals surface area contributed by atoms with E-state index in [0.29, 0.717) is 53.5 Å². The van der Waals surface area contributed by atoms with E-state index in [0.717, 1.165) is 37.6 Å². The van der Waals surface area contributed by atoms with Crippen molar-refractivity contribution in [3.8, 4) is 17.2 Å². The number of aromatic nitrogens is 2. The Morgan fingerprint density at radius 1 is 1.11 bits per heavy atom. The zero-order chi connectivity index (χ0) is 23.9. The molecule has 2 aromatic heterocycles. The molecule has 5 heterocycles. The molecule has 9 nitrogen and oxygen atoms in total. The van der Waals surface area contributed by atoms with Gasteiger partial charge in [0.05, 0.1) is 19.0 Å². The number of methoxy groups -OCH3 is 1. The second kappa shape index (κ2) is 9.73. The van der Waals surface area contributed by atoms with E-state index in [9.17, 15) is 9.59 Å². The van der Waals surface area contributed by atoms with Gasteiger partial charge in [-0.05, 0) is 42.7 Å². The predicted octanol–water partition coefficient (Wildman–Crippen LogP) is 3.32. The number of hydrogen-bond acceptors (Lipinski definition) is 7. The molecule has 0 saturated carbocycles. The van der Waals surface area contributed by atoms with E-state index in [-0.39, 0.29) is 23.9 Å². The molecule has 2 unspecified atom stereocenters. The van der Waals surface area contributed by atoms with Gasteiger partial charge in [-0.15, -0.1) is 12.4 Å². The third kappa shape index (κ3) is 4.35. The number of carbonyl (C=O) groups excluding carboxylic acids is 1. The molecule has 1 N–H and O–H groups in total. The maximum Gasteiger partial charge on any atom is 0.255 e. The molecule has 1 aromatic carbocycles. The predicted molar refractivity (Wildman–Crippen MR) is 137 cm³/mol. The molecule has 1 fully saturated rings. The van der Waals surface area contributed by atoms with Gasteiger partial charge >= 0.3 is 0 Å². The van der Waals surface area contributed by atoms with Gasteiger partial charge in [0.1, 0.15) is 19.0 Å². The van der Waals surface area contributed by atoms with Gasteiger partial charge in [-0.2, -0.15) is 0 Å². The normalized spacial score (nSPS) is 19.5. The summed E-state index contributed by atoms with van der Waals surface area (Å²) in [5, 5.41) is 2.90. The van der Waals surface area contributed by atoms with Gasteiger partial charge in [0, 0.05) is 42.9 Å². The van der Waals surface area contributed by atoms with Crippen LogP contribution in [0, 0.1) is 5.92 Å². The van der Waals surface area contributed by atoms with Crippen LogP contribution >= 0.6 is 12.4 Å². The van der Waals surface area contributed by atoms with Crippen LogP contribution in [0.5, 0.6) is 17.2 Å². The maximum atomic E-state index is 12.9. The lowest BCUT2D eigenvalue weighted by Gasteiger charge is -2.43. The van der Waals surface area contributed by atoms with Crippen LogP contribution in [-0.4, -0.2) is 48.9 Å². The number of hydrogen-bond donors (Lipinski definition) is 1. The first-order chi connectivity index (χ1) is 17.1. The van der Waals surface area contributed by atoms with Crippen LogP contribution in [0.4, 0.5) is 11.5 Å². The van der Waals surface area contributed by atoms with Crippen LogP contribution in [0.3, 0.4) is 0 Å². The molecule has 0 radical (unpaired) electrons. The lowest BCUT2D eigenvalue weighted by Crippen LogP contribution is -2.47. The van der Waals surface area contributed by atoms with E-state index in [1.54, 1.807) is 24.4 Å². The van der Waals surface area contributed by atoms with Gasteiger partial charge in [-0.25, -0.2) is 4.98 Å². The highest BCUT2D eigenvalue weighted by molar-refractivity contribution is 6.05. The molecule has 0 aliphatic carbocycles. The summed E-state index contributed by atoms with van der Waals surface area (Å²) in [6.07, 6.45) is 2.76. The Bertz CT molecular complexity index is 1330. The van der Waals surface area contributed by atoms with Crippen molar-refractivity contribution in [2.24, 2.45) is 5.92 Å². The summed E-state index contributed by atoms with van der Waals surface area (Å²) in [4.78, 5) is 32.1. The van der Waals surface area contributed by atoms with Crippen LogP contribution in [0.15, 0.2) is 53.5 Å². The van der Waals surface area contributed by atoms with Gasteiger partial charge in [-0.3, -0.25) is 9.59 Å². The van der Waals surface area contributed by atoms with E-state index in [1.807, 2.05) is 22.8 Å². The van der Waals surface area contributed by atoms with E-state index >= 15 is 0 Å². The number of amides is 1. The molecule has 1 amide bonds. The number of carbonyl (C=O) groups is 1. The number of halogens is 1. The standard InChI is InChI=1S/C26H26N4O5.ClH/c1-33-21-10-17(11-22-25(21)35-8-7-34-22)26(32)28-19-5-6-23(27-12-19)29-13-16-9-18(15-29)20-3-2-4-24(31)30(20)14-16;/h2-6,10-12,16,18H,7-9,13-15H2,1H3,(H,28,32);1H. The first-order valence-corrected chi connectivity index (χ1v) is 11.8. The number of fused-ring (bicyclic) bond motifs is 5. The highest BCUT2D eigenvalue weighted by Gasteiger charge is 2.35. The van der Waals surface area contributed by atoms with E-state index in [2.05, 4.69) is 21.3 Å². The summed E-state index contributed by atoms with van der Waals surface area (Å²) in [7, 11) is 1.53. The molecule has 2 bridgehead atoms. The lowest BCUT2D eigenvalue weighted by molar-refractivity contribution is 0.102. The Kier molecular flexibility index (Phi) is 6.49. The van der Waals surface area contributed by atoms with Crippen LogP contribution in [0.2, 0.25) is 0 Å². The molecule has 10 heteroatoms. The van der Waals surface area contributed by atoms with Gasteiger partial charge in [0.25, 0.3) is 11.5 Å². The number of pyridine rings is 2. The number of rotatable bonds is 4. The monoisotopic (exact) mass is 510 g/mol. The highest BCUT2D eigenvalue weighted by Crippen LogP contribution is 2.40. The second-order valence-corrected chi connectivity index (χ2v) is 9.17. The Morgan fingerprint density at radius 3 is 2.78 bits per heavy atom. The summed E-state index contributed by atoms with van der Waals surface area (Å²) in [5.41, 5.74) is 2.20. The molecule has 3 aromatic rings. The van der Waals surface area contributed by atoms with Crippen LogP contribution in [0.1, 0.15) is 28.4 Å². The fourth-order valence-corrected chi connectivity index (χ4v) is 5.34. The Morgan fingerprint density at radius 2 is 1.97 bits per heavy atom. The van der Waals surface area contributed by atoms with Crippen molar-refractivity contribution in [3.63, 3.8) is 0 Å². The summed E-state index contributed by atoms with van der Waals surface area (Å²) in [6, 6.07) is 12.6. The third-order valence-corrected chi connectivity index (χ3v) is 6.90. The Labute approximate surface area is 214 Å². The Balaban J connectivity index is 0.00000267. The average Bonchev–Trinajstić information content (AvgIpc) is 2.89. The summed E-state index contributed by atoms with van der Waals surface area (Å²) in [5.74, 6) is 2.76. The number of ether oxygens (including phenoxy) is 3. The molecule has 3 aliphatic heterocycles. The van der Waals surface area contributed by atoms with Crippen molar-refractivity contribution < 1.29 is 19.0 Å². The number of nitrogens with one attached hydrogen (secondary N) is 1. The molecule has 1 saturated heterocycles. The van der Waals surface area contributed by atoms with Crippen LogP contribution in [-0.2, 0) is 6.54 Å². The van der Waals surface area contributed by atoms with E-state index in [4.69, 9.17) is 14.2 Å². The fourth-order valence-electron chi connectivity index (χ4n) is 5.34. The quantitative estimate of drug-likeness (QED) is 0.575. The molecule has 36 heavy (non-hydrogen) atoms. The number of anilines is 2. The Hall–Kier alpha value is -3.72. The minimum Gasteiger partial charge on any atom is -0.493 e. The fraction of sp³-hybridized carbons (Fsp3) is 0.346. The van der Waals surface area contributed by atoms with Crippen molar-refractivity contribution in [2.45, 2.75) is 18.9 Å². The summed E-state index contributed by atoms with van der Waals surface area (Å²) >= 11 is 0. The van der Waals surface area contributed by atoms with Crippen molar-refractivity contribution in [2.75, 3.05) is 43.6 Å². The first kappa shape index (κ1) is 24.0.